The van der Waals surface area contributed by atoms with E-state index in [1.165, 1.54) is 11.1 Å². The van der Waals surface area contributed by atoms with Gasteiger partial charge >= 0.3 is 0 Å². The first-order chi connectivity index (χ1) is 26.8. The van der Waals surface area contributed by atoms with Crippen molar-refractivity contribution in [1.82, 2.24) is 18.9 Å². The van der Waals surface area contributed by atoms with Crippen LogP contribution in [0.25, 0.3) is 22.2 Å². The lowest BCUT2D eigenvalue weighted by atomic mass is 9.92. The van der Waals surface area contributed by atoms with Gasteiger partial charge in [-0.1, -0.05) is 35.9 Å². The lowest BCUT2D eigenvalue weighted by Crippen LogP contribution is -2.52. The molecule has 0 saturated carbocycles. The molecule has 0 unspecified atom stereocenters. The zero-order chi connectivity index (χ0) is 37.6. The number of nitrogens with zero attached hydrogens (tertiary/aromatic N) is 5. The van der Waals surface area contributed by atoms with Crippen LogP contribution in [0, 0.1) is 0 Å². The molecule has 9 nitrogen and oxygen atoms in total. The Labute approximate surface area is 325 Å². The summed E-state index contributed by atoms with van der Waals surface area (Å²) in [7, 11) is 2.00. The first-order valence-electron chi connectivity index (χ1n) is 19.2. The number of carbonyl (C=O) groups excluding carboxylic acids is 2. The fraction of sp³-hybridized carbons (Fsp3) is 0.289. The minimum absolute atomic E-state index is 0.0109. The molecule has 1 saturated heterocycles. The van der Waals surface area contributed by atoms with Gasteiger partial charge in [-0.15, -0.1) is 0 Å². The van der Waals surface area contributed by atoms with Crippen molar-refractivity contribution in [3.8, 4) is 17.0 Å². The molecule has 5 heterocycles. The molecule has 6 aromatic rings. The van der Waals surface area contributed by atoms with Crippen LogP contribution in [0.2, 0.25) is 5.02 Å². The first kappa shape index (κ1) is 35.4. The summed E-state index contributed by atoms with van der Waals surface area (Å²) >= 11 is 6.76. The lowest BCUT2D eigenvalue weighted by Gasteiger charge is -2.40. The number of anilines is 2. The Kier molecular flexibility index (Phi) is 9.46. The van der Waals surface area contributed by atoms with E-state index in [9.17, 15) is 5.11 Å². The third kappa shape index (κ3) is 6.71. The number of fused-ring (bicyclic) bond motifs is 3. The number of aromatic nitrogens is 2. The molecular weight excluding hydrogens is 710 g/mol. The van der Waals surface area contributed by atoms with Crippen molar-refractivity contribution >= 4 is 45.7 Å². The highest BCUT2D eigenvalue weighted by Crippen LogP contribution is 2.39. The van der Waals surface area contributed by atoms with Crippen molar-refractivity contribution in [2.24, 2.45) is 7.05 Å². The Balaban J connectivity index is 1.13. The van der Waals surface area contributed by atoms with Crippen molar-refractivity contribution in [3.63, 3.8) is 0 Å². The molecule has 1 atom stereocenters. The summed E-state index contributed by atoms with van der Waals surface area (Å²) in [5.74, 6) is -0.0905. The molecule has 2 aromatic heterocycles. The van der Waals surface area contributed by atoms with Gasteiger partial charge in [0.15, 0.2) is 0 Å². The van der Waals surface area contributed by atoms with Crippen LogP contribution in [0.3, 0.4) is 0 Å². The third-order valence-electron chi connectivity index (χ3n) is 11.6. The van der Waals surface area contributed by atoms with Gasteiger partial charge in [0.2, 0.25) is 0 Å². The molecule has 4 aromatic carbocycles. The Morgan fingerprint density at radius 1 is 0.855 bits per heavy atom. The molecule has 10 heteroatoms. The van der Waals surface area contributed by atoms with Crippen molar-refractivity contribution < 1.29 is 19.4 Å². The molecule has 1 fully saturated rings. The second-order valence-electron chi connectivity index (χ2n) is 15.0. The Morgan fingerprint density at radius 3 is 2.45 bits per heavy atom. The predicted molar refractivity (Wildman–Crippen MR) is 216 cm³/mol. The van der Waals surface area contributed by atoms with E-state index in [4.69, 9.17) is 16.3 Å². The summed E-state index contributed by atoms with van der Waals surface area (Å²) in [6.45, 7) is 5.11. The van der Waals surface area contributed by atoms with Gasteiger partial charge < -0.3 is 23.9 Å². The number of phenolic OH excluding ortho intramolecular Hbond substituents is 1. The van der Waals surface area contributed by atoms with E-state index in [2.05, 4.69) is 32.2 Å². The second kappa shape index (κ2) is 14.7. The van der Waals surface area contributed by atoms with Gasteiger partial charge in [-0.05, 0) is 110 Å². The normalized spacial score (nSPS) is 17.2. The van der Waals surface area contributed by atoms with Crippen molar-refractivity contribution in [2.45, 2.75) is 44.8 Å². The van der Waals surface area contributed by atoms with Gasteiger partial charge in [0.05, 0.1) is 18.8 Å². The van der Waals surface area contributed by atoms with E-state index in [1.54, 1.807) is 35.2 Å². The van der Waals surface area contributed by atoms with Crippen LogP contribution < -0.4 is 4.90 Å². The first-order valence-corrected chi connectivity index (χ1v) is 19.6. The van der Waals surface area contributed by atoms with Crippen molar-refractivity contribution in [3.05, 3.63) is 136 Å². The molecule has 9 rings (SSSR count). The predicted octanol–water partition coefficient (Wildman–Crippen LogP) is 8.22. The number of amides is 2. The van der Waals surface area contributed by atoms with E-state index in [0.717, 1.165) is 85.4 Å². The summed E-state index contributed by atoms with van der Waals surface area (Å²) in [5.41, 5.74) is 8.54. The topological polar surface area (TPSA) is 83.2 Å². The second-order valence-corrected chi connectivity index (χ2v) is 15.4. The minimum Gasteiger partial charge on any atom is -0.508 e. The number of phenols is 1. The molecule has 0 radical (unpaired) electrons. The van der Waals surface area contributed by atoms with Gasteiger partial charge in [-0.3, -0.25) is 19.4 Å². The maximum absolute atomic E-state index is 15.1. The number of halogens is 1. The minimum atomic E-state index is -0.175. The summed E-state index contributed by atoms with van der Waals surface area (Å²) in [6, 6.07) is 30.7. The Morgan fingerprint density at radius 2 is 1.64 bits per heavy atom. The molecule has 3 aliphatic heterocycles. The van der Waals surface area contributed by atoms with Crippen LogP contribution in [0.15, 0.2) is 103 Å². The Bertz CT molecular complexity index is 2410. The molecule has 2 amide bonds. The fourth-order valence-electron chi connectivity index (χ4n) is 8.74. The van der Waals surface area contributed by atoms with Gasteiger partial charge in [0.25, 0.3) is 11.8 Å². The number of benzene rings is 4. The van der Waals surface area contributed by atoms with Gasteiger partial charge in [-0.2, -0.15) is 0 Å². The van der Waals surface area contributed by atoms with Gasteiger partial charge in [0.1, 0.15) is 5.75 Å². The van der Waals surface area contributed by atoms with Crippen LogP contribution in [-0.4, -0.2) is 74.7 Å². The molecule has 0 spiro atoms. The number of rotatable bonds is 7. The average molecular weight is 754 g/mol. The number of morpholine rings is 1. The number of hydrogen-bond acceptors (Lipinski definition) is 5. The maximum atomic E-state index is 15.1. The largest absolute Gasteiger partial charge is 0.508 e. The molecule has 0 bridgehead atoms. The molecular formula is C45H44ClN5O4. The van der Waals surface area contributed by atoms with E-state index < -0.39 is 0 Å². The molecule has 280 valence electrons. The summed E-state index contributed by atoms with van der Waals surface area (Å²) in [4.78, 5) is 36.3. The van der Waals surface area contributed by atoms with Crippen LogP contribution in [0.5, 0.6) is 5.75 Å². The third-order valence-corrected chi connectivity index (χ3v) is 11.8. The average Bonchev–Trinajstić information content (AvgIpc) is 3.79. The van der Waals surface area contributed by atoms with E-state index in [-0.39, 0.29) is 23.6 Å². The van der Waals surface area contributed by atoms with E-state index in [1.807, 2.05) is 66.7 Å². The van der Waals surface area contributed by atoms with Crippen LogP contribution in [-0.2, 0) is 37.7 Å². The maximum Gasteiger partial charge on any atom is 0.264 e. The van der Waals surface area contributed by atoms with E-state index >= 15 is 9.59 Å². The summed E-state index contributed by atoms with van der Waals surface area (Å²) < 4.78 is 9.92. The van der Waals surface area contributed by atoms with Crippen molar-refractivity contribution in [1.29, 1.82) is 0 Å². The quantitative estimate of drug-likeness (QED) is 0.178. The highest BCUT2D eigenvalue weighted by atomic mass is 35.5. The van der Waals surface area contributed by atoms with Crippen molar-refractivity contribution in [2.75, 3.05) is 37.7 Å². The fourth-order valence-corrected chi connectivity index (χ4v) is 8.91. The number of hydrogen-bond donors (Lipinski definition) is 1. The molecule has 55 heavy (non-hydrogen) atoms. The molecule has 0 aliphatic carbocycles. The van der Waals surface area contributed by atoms with Crippen LogP contribution >= 0.6 is 11.6 Å². The number of aromatic hydroxyl groups is 1. The smallest absolute Gasteiger partial charge is 0.264 e. The zero-order valence-electron chi connectivity index (χ0n) is 31.0. The number of carbonyl (C=O) groups is 2. The lowest BCUT2D eigenvalue weighted by molar-refractivity contribution is 0.0193. The molecule has 1 N–H and O–H groups in total. The summed E-state index contributed by atoms with van der Waals surface area (Å²) in [6.07, 6.45) is 5.44. The van der Waals surface area contributed by atoms with Gasteiger partial charge in [-0.25, -0.2) is 0 Å². The zero-order valence-corrected chi connectivity index (χ0v) is 31.7. The van der Waals surface area contributed by atoms with Gasteiger partial charge in [0, 0.05) is 102 Å². The number of ether oxygens (including phenoxy) is 1. The Hall–Kier alpha value is -5.35. The highest BCUT2D eigenvalue weighted by molar-refractivity contribution is 6.31. The standard InChI is InChI=1S/C45H44ClN5O4/c1-47-19-17-31-25-35(12-16-41(31)47)51(34-10-13-37(52)14-11-34)45(54)40-27-43(49-18-5-4-8-42(40)49)39-26-33(46)9-15-38(39)44(53)50-28-32-7-3-2-6-30(32)24-36(50)29-48-20-22-55-23-21-48/h2-3,6-7,9-17,19,25-27,36,52H,4-5,8,18,20-24,28-29H2,1H3/t36-/m0/s1. The van der Waals surface area contributed by atoms with E-state index in [0.29, 0.717) is 41.6 Å². The van der Waals surface area contributed by atoms with Crippen LogP contribution in [0.4, 0.5) is 11.4 Å². The highest BCUT2D eigenvalue weighted by Gasteiger charge is 2.35. The molecule has 3 aliphatic rings. The number of aryl methyl sites for hydroxylation is 1. The monoisotopic (exact) mass is 753 g/mol. The summed E-state index contributed by atoms with van der Waals surface area (Å²) in [5, 5.41) is 11.7. The SMILES string of the molecule is Cn1ccc2cc(N(C(=O)c3cc(-c4cc(Cl)ccc4C(=O)N4Cc5ccccc5C[C@H]4CN4CCOCC4)n4c3CCCC4)c3ccc(O)cc3)ccc21. The van der Waals surface area contributed by atoms with Crippen LogP contribution in [0.1, 0.15) is 50.4 Å².